The van der Waals surface area contributed by atoms with E-state index in [9.17, 15) is 64.0 Å². The molecule has 14 nitrogen and oxygen atoms in total. The molecule has 0 bridgehead atoms. The van der Waals surface area contributed by atoms with Crippen molar-refractivity contribution in [3.8, 4) is 33.5 Å². The van der Waals surface area contributed by atoms with Crippen LogP contribution in [0.25, 0.3) is 21.7 Å². The number of unbranched alkanes of at least 4 members (excludes halogenated alkanes) is 1. The zero-order chi connectivity index (χ0) is 58.9. The number of anilines is 2. The van der Waals surface area contributed by atoms with Crippen molar-refractivity contribution in [2.75, 3.05) is 36.2 Å². The van der Waals surface area contributed by atoms with Gasteiger partial charge in [0.05, 0.1) is 68.7 Å². The number of carbonyl (C=O) groups excluding carboxylic acids is 4. The van der Waals surface area contributed by atoms with Crippen molar-refractivity contribution in [2.24, 2.45) is 5.41 Å². The lowest BCUT2D eigenvalue weighted by atomic mass is 9.85. The molecule has 4 heterocycles. The average Bonchev–Trinajstić information content (AvgIpc) is 4.26. The Bertz CT molecular complexity index is 3220. The van der Waals surface area contributed by atoms with Crippen molar-refractivity contribution in [1.29, 1.82) is 5.26 Å². The molecule has 2 aromatic heterocycles. The first-order valence-corrected chi connectivity index (χ1v) is 26.0. The van der Waals surface area contributed by atoms with Crippen LogP contribution in [0.2, 0.25) is 0 Å². The quantitative estimate of drug-likeness (QED) is 0.0516. The molecule has 2 aliphatic heterocycles. The molecule has 0 spiro atoms. The lowest BCUT2D eigenvalue weighted by molar-refractivity contribution is -0.144. The Labute approximate surface area is 462 Å². The van der Waals surface area contributed by atoms with Crippen LogP contribution in [-0.2, 0) is 49.0 Å². The first kappa shape index (κ1) is 60.4. The number of likely N-dealkylation sites (tertiary alicyclic amines) is 1. The van der Waals surface area contributed by atoms with Gasteiger partial charge in [0.1, 0.15) is 35.5 Å². The van der Waals surface area contributed by atoms with Gasteiger partial charge < -0.3 is 29.9 Å². The number of hydrogen-bond donors (Lipinski definition) is 2. The van der Waals surface area contributed by atoms with Gasteiger partial charge in [-0.2, -0.15) is 44.8 Å². The lowest BCUT2D eigenvalue weighted by Gasteiger charge is -2.35. The summed E-state index contributed by atoms with van der Waals surface area (Å²) >= 11 is 6.85. The van der Waals surface area contributed by atoms with E-state index >= 15 is 4.39 Å². The van der Waals surface area contributed by atoms with Crippen molar-refractivity contribution in [3.63, 3.8) is 0 Å². The molecule has 2 aliphatic rings. The highest BCUT2D eigenvalue weighted by Gasteiger charge is 2.53. The molecule has 5 aromatic rings. The van der Waals surface area contributed by atoms with Gasteiger partial charge in [-0.1, -0.05) is 45.0 Å². The molecule has 1 unspecified atom stereocenters. The first-order valence-electron chi connectivity index (χ1n) is 24.7. The van der Waals surface area contributed by atoms with Gasteiger partial charge in [0, 0.05) is 25.3 Å². The third kappa shape index (κ3) is 13.0. The molecule has 426 valence electrons. The Balaban J connectivity index is 0.943. The number of nitriles is 1. The smallest absolute Gasteiger partial charge is 0.420 e. The third-order valence-corrected chi connectivity index (χ3v) is 14.6. The number of alkyl halides is 9. The summed E-state index contributed by atoms with van der Waals surface area (Å²) in [6.07, 6.45) is -14.0. The van der Waals surface area contributed by atoms with E-state index in [2.05, 4.69) is 20.6 Å². The van der Waals surface area contributed by atoms with Crippen LogP contribution in [0.4, 0.5) is 55.3 Å². The second-order valence-corrected chi connectivity index (χ2v) is 21.6. The third-order valence-electron chi connectivity index (χ3n) is 13.3. The number of aryl methyl sites for hydroxylation is 1. The number of amides is 4. The van der Waals surface area contributed by atoms with E-state index in [1.807, 2.05) is 31.2 Å². The van der Waals surface area contributed by atoms with Gasteiger partial charge >= 0.3 is 18.5 Å². The van der Waals surface area contributed by atoms with E-state index in [0.29, 0.717) is 54.7 Å². The number of halogens is 10. The predicted molar refractivity (Wildman–Crippen MR) is 278 cm³/mol. The fourth-order valence-electron chi connectivity index (χ4n) is 9.25. The number of benzene rings is 3. The number of thiazole rings is 1. The number of thiocarbonyl (C=S) groups is 1. The molecular weight excluding hydrogens is 1110 g/mol. The largest absolute Gasteiger partial charge is 0.494 e. The molecule has 7 rings (SSSR count). The fraction of sp³-hybridized carbons (Fsp3) is 0.407. The lowest BCUT2D eigenvalue weighted by Crippen LogP contribution is -2.58. The Morgan fingerprint density at radius 1 is 0.912 bits per heavy atom. The van der Waals surface area contributed by atoms with E-state index in [1.165, 1.54) is 22.3 Å². The minimum Gasteiger partial charge on any atom is -0.494 e. The SMILES string of the molecule is Cc1ncsc1-c1ccc(CNC(=O)C2CCCN2C(=O)[C@@H](NC(=O)COCCCCOc2ccc(-c3ncc(N4C(=S)N(c5ccc(C#N)c(C(F)(F)F)c5F)C(=O)C4(C)C)cc3C(F)(F)F)c(C(F)(F)F)c2)C(C)(C)C)cc1. The normalized spacial score (nSPS) is 16.2. The van der Waals surface area contributed by atoms with E-state index in [4.69, 9.17) is 21.7 Å². The van der Waals surface area contributed by atoms with Crippen molar-refractivity contribution < 1.29 is 72.6 Å². The van der Waals surface area contributed by atoms with Crippen molar-refractivity contribution in [2.45, 2.75) is 110 Å². The number of carbonyl (C=O) groups is 4. The molecular formula is C54H52F10N8O6S2. The molecule has 2 fully saturated rings. The van der Waals surface area contributed by atoms with Gasteiger partial charge in [-0.25, -0.2) is 9.37 Å². The Morgan fingerprint density at radius 2 is 1.59 bits per heavy atom. The highest BCUT2D eigenvalue weighted by atomic mass is 32.1. The van der Waals surface area contributed by atoms with Crippen LogP contribution in [-0.4, -0.2) is 87.6 Å². The van der Waals surface area contributed by atoms with Crippen LogP contribution < -0.4 is 25.2 Å². The molecule has 4 amide bonds. The molecule has 2 N–H and O–H groups in total. The number of aromatic nitrogens is 2. The van der Waals surface area contributed by atoms with Crippen LogP contribution >= 0.6 is 23.6 Å². The summed E-state index contributed by atoms with van der Waals surface area (Å²) in [5, 5.41) is 14.0. The molecule has 0 aliphatic carbocycles. The van der Waals surface area contributed by atoms with Crippen LogP contribution in [0.15, 0.2) is 72.4 Å². The van der Waals surface area contributed by atoms with Gasteiger partial charge in [-0.3, -0.25) is 29.1 Å². The highest BCUT2D eigenvalue weighted by molar-refractivity contribution is 7.81. The molecule has 2 atom stereocenters. The van der Waals surface area contributed by atoms with Crippen LogP contribution in [0, 0.1) is 29.5 Å². The standard InChI is InChI=1S/C54H52F10N8O6S2/c1-29-44(80-28-68-29)31-13-11-30(12-14-31)25-67-46(74)39-10-9-19-70(39)47(75)45(50(2,3)4)69-40(73)27-77-20-7-8-21-78-34-16-17-35(36(23-34)52(56,57)58)43-37(53(59,60)61)22-33(26-66-43)72-49(79)71(48(76)51(72,5)6)38-18-15-32(24-65)41(42(38)55)54(62,63)64/h11-18,22-23,26,28,39,45H,7-10,19-21,25,27H2,1-6H3,(H,67,74)(H,69,73)/t39?,45-/m1/s1. The summed E-state index contributed by atoms with van der Waals surface area (Å²) in [6, 6.07) is 11.0. The number of pyridine rings is 1. The first-order chi connectivity index (χ1) is 37.4. The number of ether oxygens (including phenoxy) is 2. The maximum Gasteiger partial charge on any atom is 0.420 e. The Kier molecular flexibility index (Phi) is 17.7. The van der Waals surface area contributed by atoms with Crippen molar-refractivity contribution >= 4 is 63.7 Å². The Morgan fingerprint density at radius 3 is 2.20 bits per heavy atom. The minimum atomic E-state index is -5.42. The summed E-state index contributed by atoms with van der Waals surface area (Å²) < 4.78 is 157. The Hall–Kier alpha value is -7.24. The van der Waals surface area contributed by atoms with Crippen LogP contribution in [0.3, 0.4) is 0 Å². The summed E-state index contributed by atoms with van der Waals surface area (Å²) in [7, 11) is 0. The van der Waals surface area contributed by atoms with Gasteiger partial charge in [0.15, 0.2) is 10.9 Å². The zero-order valence-corrected chi connectivity index (χ0v) is 45.3. The van der Waals surface area contributed by atoms with Crippen molar-refractivity contribution in [1.82, 2.24) is 25.5 Å². The highest BCUT2D eigenvalue weighted by Crippen LogP contribution is 2.47. The van der Waals surface area contributed by atoms with Gasteiger partial charge in [0.25, 0.3) is 5.91 Å². The molecule has 0 saturated carbocycles. The maximum absolute atomic E-state index is 15.5. The average molecular weight is 1160 g/mol. The number of rotatable bonds is 17. The fourth-order valence-corrected chi connectivity index (χ4v) is 10.6. The topological polar surface area (TPSA) is 170 Å². The van der Waals surface area contributed by atoms with Crippen molar-refractivity contribution in [3.05, 3.63) is 112 Å². The molecule has 3 aromatic carbocycles. The molecule has 26 heteroatoms. The predicted octanol–water partition coefficient (Wildman–Crippen LogP) is 11.2. The van der Waals surface area contributed by atoms with E-state index in [1.54, 1.807) is 26.3 Å². The van der Waals surface area contributed by atoms with Crippen LogP contribution in [0.1, 0.15) is 93.8 Å². The monoisotopic (exact) mass is 1160 g/mol. The summed E-state index contributed by atoms with van der Waals surface area (Å²) in [5.74, 6) is -5.01. The van der Waals surface area contributed by atoms with E-state index < -0.39 is 122 Å². The van der Waals surface area contributed by atoms with Crippen LogP contribution in [0.5, 0.6) is 5.75 Å². The van der Waals surface area contributed by atoms with Gasteiger partial charge in [-0.15, -0.1) is 11.3 Å². The summed E-state index contributed by atoms with van der Waals surface area (Å²) in [6.45, 7) is 9.34. The summed E-state index contributed by atoms with van der Waals surface area (Å²) in [4.78, 5) is 65.8. The number of nitrogens with zero attached hydrogens (tertiary/aromatic N) is 6. The molecule has 0 radical (unpaired) electrons. The number of nitrogens with one attached hydrogen (secondary N) is 2. The van der Waals surface area contributed by atoms with Gasteiger partial charge in [-0.05, 0) is 112 Å². The maximum atomic E-state index is 15.5. The molecule has 80 heavy (non-hydrogen) atoms. The molecule has 2 saturated heterocycles. The second kappa shape index (κ2) is 23.5. The zero-order valence-electron chi connectivity index (χ0n) is 43.7. The summed E-state index contributed by atoms with van der Waals surface area (Å²) in [5.41, 5.74) is -8.59. The minimum absolute atomic E-state index is 0.0155. The second-order valence-electron chi connectivity index (χ2n) is 20.4. The van der Waals surface area contributed by atoms with E-state index in [0.717, 1.165) is 52.6 Å². The number of hydrogen-bond acceptors (Lipinski definition) is 11. The van der Waals surface area contributed by atoms with E-state index in [-0.39, 0.29) is 44.3 Å². The van der Waals surface area contributed by atoms with Gasteiger partial charge in [0.2, 0.25) is 17.7 Å².